The van der Waals surface area contributed by atoms with Crippen molar-refractivity contribution in [3.8, 4) is 0 Å². The maximum Gasteiger partial charge on any atom is 0.327 e. The van der Waals surface area contributed by atoms with E-state index in [0.717, 1.165) is 60.8 Å². The largest absolute Gasteiger partial charge is 0.478 e. The third-order valence-corrected chi connectivity index (χ3v) is 3.09. The van der Waals surface area contributed by atoms with Gasteiger partial charge in [0.15, 0.2) is 0 Å². The summed E-state index contributed by atoms with van der Waals surface area (Å²) in [5.41, 5.74) is -1.11. The van der Waals surface area contributed by atoms with Crippen molar-refractivity contribution in [2.45, 2.75) is 0 Å². The fraction of sp³-hybridized carbons (Fsp3) is 0.143. The van der Waals surface area contributed by atoms with Crippen molar-refractivity contribution in [3.63, 3.8) is 0 Å². The van der Waals surface area contributed by atoms with Gasteiger partial charge < -0.3 is 71.5 Å². The Morgan fingerprint density at radius 2 is 0.305 bits per heavy atom. The van der Waals surface area contributed by atoms with Crippen molar-refractivity contribution in [1.29, 1.82) is 0 Å². The van der Waals surface area contributed by atoms with Crippen LogP contribution in [-0.2, 0) is 47.9 Å². The van der Waals surface area contributed by atoms with Gasteiger partial charge in [-0.05, 0) is 0 Å². The normalized spacial score (nSPS) is 7.25. The van der Waals surface area contributed by atoms with Crippen molar-refractivity contribution in [2.75, 3.05) is 26.4 Å². The molecule has 0 rings (SSSR count). The summed E-state index contributed by atoms with van der Waals surface area (Å²) in [6, 6.07) is 0. The van der Waals surface area contributed by atoms with E-state index in [-0.39, 0.29) is 0 Å². The van der Waals surface area contributed by atoms with Gasteiger partial charge in [0.25, 0.3) is 0 Å². The first-order valence-corrected chi connectivity index (χ1v) is 13.9. The third-order valence-electron chi connectivity index (χ3n) is 3.09. The molecule has 24 heteroatoms. The molecule has 0 atom stereocenters. The molecule has 0 aliphatic carbocycles. The fourth-order valence-corrected chi connectivity index (χ4v) is 0.300. The summed E-state index contributed by atoms with van der Waals surface area (Å²) in [4.78, 5) is 92.5. The van der Waals surface area contributed by atoms with E-state index in [1.165, 1.54) is 0 Å². The van der Waals surface area contributed by atoms with Crippen molar-refractivity contribution in [2.24, 2.45) is 5.41 Å². The highest BCUT2D eigenvalue weighted by Crippen LogP contribution is 2.11. The Morgan fingerprint density at radius 3 is 0.305 bits per heavy atom. The SMILES string of the molecule is C=CC(=O)O.C=CC(=O)O.C=CC(=O)O.C=CC(=O)O.C=CC(=O)O.C=CC(=O)O.C=CC(=O)O.C=CC(=O)O.C=CC(=O)O.C=CC(=O)O.OCC(CO)(CO)CO. The molecule has 0 aliphatic rings. The molecule has 0 spiro atoms. The molecule has 0 saturated heterocycles. The van der Waals surface area contributed by atoms with Gasteiger partial charge in [-0.25, -0.2) is 47.9 Å². The monoisotopic (exact) mass is 856 g/mol. The smallest absolute Gasteiger partial charge is 0.327 e. The van der Waals surface area contributed by atoms with Crippen LogP contribution < -0.4 is 0 Å². The summed E-state index contributed by atoms with van der Waals surface area (Å²) >= 11 is 0. The summed E-state index contributed by atoms with van der Waals surface area (Å²) in [5.74, 6) is -9.81. The molecule has 0 aliphatic heterocycles. The number of carboxylic acid groups (broad SMARTS) is 10. The van der Waals surface area contributed by atoms with E-state index in [0.29, 0.717) is 0 Å². The molecule has 0 aromatic heterocycles. The summed E-state index contributed by atoms with van der Waals surface area (Å²) < 4.78 is 0. The number of rotatable bonds is 14. The number of carbonyl (C=O) groups is 10. The average molecular weight is 857 g/mol. The lowest BCUT2D eigenvalue weighted by Crippen LogP contribution is -2.37. The van der Waals surface area contributed by atoms with Crippen LogP contribution in [0, 0.1) is 5.41 Å². The molecule has 0 radical (unpaired) electrons. The minimum Gasteiger partial charge on any atom is -0.478 e. The molecule has 0 saturated carbocycles. The van der Waals surface area contributed by atoms with Crippen molar-refractivity contribution >= 4 is 59.7 Å². The Hall–Kier alpha value is -8.06. The molecule has 0 aromatic carbocycles. The van der Waals surface area contributed by atoms with E-state index in [1.807, 2.05) is 0 Å². The zero-order valence-electron chi connectivity index (χ0n) is 31.5. The molecular weight excluding hydrogens is 804 g/mol. The highest BCUT2D eigenvalue weighted by molar-refractivity contribution is 5.81. The number of carboxylic acids is 10. The van der Waals surface area contributed by atoms with Crippen LogP contribution in [0.3, 0.4) is 0 Å². The molecule has 0 unspecified atom stereocenters. The third kappa shape index (κ3) is 200. The summed E-state index contributed by atoms with van der Waals surface area (Å²) in [5, 5.41) is 110. The van der Waals surface area contributed by atoms with Crippen LogP contribution in [0.2, 0.25) is 0 Å². The predicted molar refractivity (Wildman–Crippen MR) is 209 cm³/mol. The van der Waals surface area contributed by atoms with E-state index in [9.17, 15) is 47.9 Å². The highest BCUT2D eigenvalue weighted by atomic mass is 16.4. The number of hydrogen-bond acceptors (Lipinski definition) is 14. The van der Waals surface area contributed by atoms with Crippen LogP contribution >= 0.6 is 0 Å². The Labute approximate surface area is 337 Å². The first-order chi connectivity index (χ1) is 26.9. The Morgan fingerprint density at radius 1 is 0.254 bits per heavy atom. The molecule has 0 fully saturated rings. The summed E-state index contributed by atoms with van der Waals surface area (Å²) in [6.07, 6.45) is 8.33. The standard InChI is InChI=1S/C5H12O4.10C3H4O2/c6-1-5(2-7,3-8)4-9;10*1-2-3(4)5/h6-9H,1-4H2;10*2H,1H2,(H,4,5). The maximum atomic E-state index is 9.25. The number of aliphatic hydroxyl groups is 4. The molecular formula is C35H52O24. The van der Waals surface area contributed by atoms with Gasteiger partial charge in [0, 0.05) is 60.8 Å². The van der Waals surface area contributed by atoms with Gasteiger partial charge in [-0.1, -0.05) is 65.8 Å². The zero-order valence-corrected chi connectivity index (χ0v) is 31.5. The molecule has 0 aromatic rings. The molecule has 0 bridgehead atoms. The fourth-order valence-electron chi connectivity index (χ4n) is 0.300. The van der Waals surface area contributed by atoms with Gasteiger partial charge in [-0.2, -0.15) is 0 Å². The second-order valence-electron chi connectivity index (χ2n) is 7.56. The van der Waals surface area contributed by atoms with Gasteiger partial charge in [-0.15, -0.1) is 0 Å². The van der Waals surface area contributed by atoms with E-state index < -0.39 is 91.5 Å². The predicted octanol–water partition coefficient (Wildman–Crippen LogP) is 0.512. The lowest BCUT2D eigenvalue weighted by Gasteiger charge is -2.23. The number of hydrogen-bond donors (Lipinski definition) is 14. The van der Waals surface area contributed by atoms with Crippen LogP contribution in [-0.4, -0.2) is 158 Å². The van der Waals surface area contributed by atoms with Crippen LogP contribution in [0.1, 0.15) is 0 Å². The molecule has 24 nitrogen and oxygen atoms in total. The highest BCUT2D eigenvalue weighted by Gasteiger charge is 2.26. The van der Waals surface area contributed by atoms with Gasteiger partial charge in [0.2, 0.25) is 0 Å². The van der Waals surface area contributed by atoms with Gasteiger partial charge in [0.05, 0.1) is 31.8 Å². The van der Waals surface area contributed by atoms with Gasteiger partial charge in [-0.3, -0.25) is 0 Å². The Bertz CT molecular complexity index is 1000. The second-order valence-corrected chi connectivity index (χ2v) is 7.56. The lowest BCUT2D eigenvalue weighted by molar-refractivity contribution is -0.132. The average Bonchev–Trinajstić information content (AvgIpc) is 3.20. The van der Waals surface area contributed by atoms with Gasteiger partial charge in [0.1, 0.15) is 0 Å². The van der Waals surface area contributed by atoms with Crippen LogP contribution in [0.25, 0.3) is 0 Å². The van der Waals surface area contributed by atoms with E-state index in [1.54, 1.807) is 0 Å². The second kappa shape index (κ2) is 68.0. The number of aliphatic carboxylic acids is 10. The van der Waals surface area contributed by atoms with Crippen LogP contribution in [0.4, 0.5) is 0 Å². The summed E-state index contributed by atoms with van der Waals surface area (Å²) in [6.45, 7) is 28.0. The van der Waals surface area contributed by atoms with Crippen molar-refractivity contribution in [3.05, 3.63) is 127 Å². The van der Waals surface area contributed by atoms with Crippen LogP contribution in [0.15, 0.2) is 127 Å². The lowest BCUT2D eigenvalue weighted by atomic mass is 9.93. The first kappa shape index (κ1) is 79.6. The molecule has 59 heavy (non-hydrogen) atoms. The van der Waals surface area contributed by atoms with E-state index >= 15 is 0 Å². The molecule has 14 N–H and O–H groups in total. The minimum atomic E-state index is -1.11. The molecule has 0 amide bonds. The number of aliphatic hydroxyl groups excluding tert-OH is 4. The van der Waals surface area contributed by atoms with E-state index in [4.69, 9.17) is 71.5 Å². The molecule has 336 valence electrons. The van der Waals surface area contributed by atoms with Gasteiger partial charge >= 0.3 is 59.7 Å². The van der Waals surface area contributed by atoms with Crippen LogP contribution in [0.5, 0.6) is 0 Å². The Kier molecular flexibility index (Phi) is 91.8. The van der Waals surface area contributed by atoms with Crippen molar-refractivity contribution < 1.29 is 119 Å². The minimum absolute atomic E-state index is 0.406. The summed E-state index contributed by atoms with van der Waals surface area (Å²) in [7, 11) is 0. The maximum absolute atomic E-state index is 9.25. The van der Waals surface area contributed by atoms with Crippen molar-refractivity contribution in [1.82, 2.24) is 0 Å². The van der Waals surface area contributed by atoms with E-state index in [2.05, 4.69) is 65.8 Å². The quantitative estimate of drug-likeness (QED) is 0.106. The molecule has 0 heterocycles. The Balaban J connectivity index is -0.0000000480. The first-order valence-electron chi connectivity index (χ1n) is 13.9. The zero-order chi connectivity index (χ0) is 50.2. The topological polar surface area (TPSA) is 454 Å².